The van der Waals surface area contributed by atoms with Gasteiger partial charge in [0.25, 0.3) is 5.91 Å². The molecule has 0 atom stereocenters. The highest BCUT2D eigenvalue weighted by molar-refractivity contribution is 6.30. The minimum atomic E-state index is -0.120. The van der Waals surface area contributed by atoms with Gasteiger partial charge in [-0.3, -0.25) is 9.78 Å². The van der Waals surface area contributed by atoms with Crippen LogP contribution in [0, 0.1) is 6.92 Å². The third kappa shape index (κ3) is 4.41. The first-order valence-corrected chi connectivity index (χ1v) is 8.69. The molecule has 0 aliphatic heterocycles. The second-order valence-electron chi connectivity index (χ2n) is 6.16. The summed E-state index contributed by atoms with van der Waals surface area (Å²) in [6.45, 7) is 2.52. The van der Waals surface area contributed by atoms with E-state index in [0.29, 0.717) is 17.3 Å². The maximum absolute atomic E-state index is 12.7. The number of carbonyl (C=O) groups is 1. The molecular formula is C21H20ClN3O. The molecule has 132 valence electrons. The minimum Gasteiger partial charge on any atom is -0.355 e. The number of hydrogen-bond acceptors (Lipinski definition) is 3. The Bertz CT molecular complexity index is 912. The van der Waals surface area contributed by atoms with Crippen molar-refractivity contribution < 1.29 is 4.79 Å². The van der Waals surface area contributed by atoms with Gasteiger partial charge in [-0.2, -0.15) is 0 Å². The molecule has 1 aromatic heterocycles. The maximum atomic E-state index is 12.7. The zero-order valence-electron chi connectivity index (χ0n) is 14.7. The molecule has 1 heterocycles. The molecule has 1 amide bonds. The fourth-order valence-electron chi connectivity index (χ4n) is 2.67. The second kappa shape index (κ2) is 8.02. The molecule has 0 fully saturated rings. The summed E-state index contributed by atoms with van der Waals surface area (Å²) >= 11 is 6.00. The van der Waals surface area contributed by atoms with Crippen molar-refractivity contribution in [2.75, 3.05) is 12.4 Å². The Hall–Kier alpha value is -2.85. The molecule has 5 heteroatoms. The summed E-state index contributed by atoms with van der Waals surface area (Å²) < 4.78 is 0. The average Bonchev–Trinajstić information content (AvgIpc) is 2.64. The molecule has 26 heavy (non-hydrogen) atoms. The van der Waals surface area contributed by atoms with Gasteiger partial charge in [-0.05, 0) is 48.4 Å². The lowest BCUT2D eigenvalue weighted by Gasteiger charge is -2.17. The number of benzene rings is 2. The average molecular weight is 366 g/mol. The number of nitrogens with one attached hydrogen (secondary N) is 1. The van der Waals surface area contributed by atoms with Crippen LogP contribution < -0.4 is 5.32 Å². The summed E-state index contributed by atoms with van der Waals surface area (Å²) in [5, 5.41) is 4.01. The Morgan fingerprint density at radius 1 is 1.12 bits per heavy atom. The summed E-state index contributed by atoms with van der Waals surface area (Å²) in [5.41, 5.74) is 4.26. The Labute approximate surface area is 158 Å². The molecule has 0 aliphatic carbocycles. The fourth-order valence-corrected chi connectivity index (χ4v) is 2.90. The van der Waals surface area contributed by atoms with Crippen LogP contribution in [0.1, 0.15) is 21.6 Å². The highest BCUT2D eigenvalue weighted by atomic mass is 35.5. The monoisotopic (exact) mass is 365 g/mol. The molecule has 0 spiro atoms. The summed E-state index contributed by atoms with van der Waals surface area (Å²) in [5.74, 6) is -0.120. The van der Waals surface area contributed by atoms with Gasteiger partial charge in [-0.25, -0.2) is 0 Å². The van der Waals surface area contributed by atoms with Crippen LogP contribution in [0.2, 0.25) is 5.02 Å². The van der Waals surface area contributed by atoms with Crippen LogP contribution in [0.15, 0.2) is 66.9 Å². The Kier molecular flexibility index (Phi) is 5.54. The third-order valence-corrected chi connectivity index (χ3v) is 4.29. The number of carbonyl (C=O) groups excluding carboxylic acids is 1. The van der Waals surface area contributed by atoms with Gasteiger partial charge >= 0.3 is 0 Å². The number of hydrogen-bond donors (Lipinski definition) is 1. The van der Waals surface area contributed by atoms with E-state index in [4.69, 9.17) is 11.6 Å². The number of halogens is 1. The number of amides is 1. The smallest absolute Gasteiger partial charge is 0.272 e. The first-order chi connectivity index (χ1) is 12.5. The normalized spacial score (nSPS) is 10.4. The molecule has 0 bridgehead atoms. The second-order valence-corrected chi connectivity index (χ2v) is 6.60. The van der Waals surface area contributed by atoms with E-state index in [1.54, 1.807) is 24.2 Å². The molecular weight excluding hydrogens is 346 g/mol. The van der Waals surface area contributed by atoms with Gasteiger partial charge < -0.3 is 10.2 Å². The predicted octanol–water partition coefficient (Wildman–Crippen LogP) is 5.06. The van der Waals surface area contributed by atoms with Crippen molar-refractivity contribution in [1.29, 1.82) is 0 Å². The number of aromatic nitrogens is 1. The van der Waals surface area contributed by atoms with Crippen LogP contribution >= 0.6 is 11.6 Å². The van der Waals surface area contributed by atoms with E-state index in [1.807, 2.05) is 61.5 Å². The van der Waals surface area contributed by atoms with E-state index in [9.17, 15) is 4.79 Å². The van der Waals surface area contributed by atoms with Crippen molar-refractivity contribution in [3.8, 4) is 0 Å². The topological polar surface area (TPSA) is 45.2 Å². The van der Waals surface area contributed by atoms with Crippen LogP contribution in [0.5, 0.6) is 0 Å². The molecule has 0 unspecified atom stereocenters. The number of rotatable bonds is 5. The van der Waals surface area contributed by atoms with Crippen molar-refractivity contribution in [3.63, 3.8) is 0 Å². The Balaban J connectivity index is 1.74. The van der Waals surface area contributed by atoms with Crippen LogP contribution in [-0.2, 0) is 6.54 Å². The van der Waals surface area contributed by atoms with E-state index in [0.717, 1.165) is 22.5 Å². The van der Waals surface area contributed by atoms with Crippen LogP contribution in [0.4, 0.5) is 11.4 Å². The number of anilines is 2. The molecule has 3 rings (SSSR count). The zero-order chi connectivity index (χ0) is 18.5. The number of pyridine rings is 1. The summed E-state index contributed by atoms with van der Waals surface area (Å²) in [6, 6.07) is 19.1. The minimum absolute atomic E-state index is 0.120. The lowest BCUT2D eigenvalue weighted by Crippen LogP contribution is -2.27. The van der Waals surface area contributed by atoms with Gasteiger partial charge in [0.2, 0.25) is 0 Å². The highest BCUT2D eigenvalue weighted by Crippen LogP contribution is 2.24. The first-order valence-electron chi connectivity index (χ1n) is 8.31. The van der Waals surface area contributed by atoms with E-state index >= 15 is 0 Å². The molecule has 4 nitrogen and oxygen atoms in total. The zero-order valence-corrected chi connectivity index (χ0v) is 15.5. The predicted molar refractivity (Wildman–Crippen MR) is 106 cm³/mol. The van der Waals surface area contributed by atoms with Gasteiger partial charge in [0.05, 0.1) is 0 Å². The van der Waals surface area contributed by atoms with Gasteiger partial charge in [-0.15, -0.1) is 0 Å². The third-order valence-electron chi connectivity index (χ3n) is 4.06. The summed E-state index contributed by atoms with van der Waals surface area (Å²) in [7, 11) is 1.78. The van der Waals surface area contributed by atoms with Gasteiger partial charge in [0.1, 0.15) is 5.69 Å². The van der Waals surface area contributed by atoms with Crippen molar-refractivity contribution in [2.45, 2.75) is 13.5 Å². The van der Waals surface area contributed by atoms with Gasteiger partial charge in [0, 0.05) is 36.2 Å². The molecule has 2 aromatic carbocycles. The van der Waals surface area contributed by atoms with Crippen molar-refractivity contribution in [2.24, 2.45) is 0 Å². The standard InChI is InChI=1S/C21H20ClN3O/c1-15-12-17(22)8-9-19(15)24-18-10-11-23-20(13-18)21(26)25(2)14-16-6-4-3-5-7-16/h3-13H,14H2,1-2H3,(H,23,24). The molecule has 1 N–H and O–H groups in total. The van der Waals surface area contributed by atoms with Crippen LogP contribution in [0.25, 0.3) is 0 Å². The fraction of sp³-hybridized carbons (Fsp3) is 0.143. The Morgan fingerprint density at radius 3 is 2.62 bits per heavy atom. The van der Waals surface area contributed by atoms with Gasteiger partial charge in [0.15, 0.2) is 0 Å². The van der Waals surface area contributed by atoms with Gasteiger partial charge in [-0.1, -0.05) is 41.9 Å². The summed E-state index contributed by atoms with van der Waals surface area (Å²) in [4.78, 5) is 18.6. The molecule has 0 saturated heterocycles. The van der Waals surface area contributed by atoms with E-state index in [1.165, 1.54) is 0 Å². The Morgan fingerprint density at radius 2 is 1.88 bits per heavy atom. The summed E-state index contributed by atoms with van der Waals surface area (Å²) in [6.07, 6.45) is 1.64. The molecule has 0 saturated carbocycles. The quantitative estimate of drug-likeness (QED) is 0.687. The maximum Gasteiger partial charge on any atom is 0.272 e. The number of nitrogens with zero attached hydrogens (tertiary/aromatic N) is 2. The lowest BCUT2D eigenvalue weighted by molar-refractivity contribution is 0.0779. The van der Waals surface area contributed by atoms with Crippen molar-refractivity contribution in [1.82, 2.24) is 9.88 Å². The SMILES string of the molecule is Cc1cc(Cl)ccc1Nc1ccnc(C(=O)N(C)Cc2ccccc2)c1. The largest absolute Gasteiger partial charge is 0.355 e. The number of aryl methyl sites for hydroxylation is 1. The molecule has 3 aromatic rings. The highest BCUT2D eigenvalue weighted by Gasteiger charge is 2.14. The molecule has 0 aliphatic rings. The van der Waals surface area contributed by atoms with E-state index in [-0.39, 0.29) is 5.91 Å². The van der Waals surface area contributed by atoms with Crippen LogP contribution in [0.3, 0.4) is 0 Å². The van der Waals surface area contributed by atoms with Crippen molar-refractivity contribution in [3.05, 3.63) is 88.7 Å². The molecule has 0 radical (unpaired) electrons. The van der Waals surface area contributed by atoms with Crippen molar-refractivity contribution >= 4 is 28.9 Å². The van der Waals surface area contributed by atoms with E-state index in [2.05, 4.69) is 10.3 Å². The van der Waals surface area contributed by atoms with E-state index < -0.39 is 0 Å². The first kappa shape index (κ1) is 18.0. The van der Waals surface area contributed by atoms with Crippen LogP contribution in [-0.4, -0.2) is 22.8 Å². The lowest BCUT2D eigenvalue weighted by atomic mass is 10.2.